The van der Waals surface area contributed by atoms with Crippen LogP contribution in [0.25, 0.3) is 5.69 Å². The normalized spacial score (nSPS) is 18.1. The van der Waals surface area contributed by atoms with E-state index in [1.807, 2.05) is 53.6 Å². The van der Waals surface area contributed by atoms with Crippen molar-refractivity contribution in [3.05, 3.63) is 72.4 Å². The Labute approximate surface area is 146 Å². The number of carbonyl (C=O) groups excluding carboxylic acids is 1. The third-order valence-corrected chi connectivity index (χ3v) is 4.75. The number of likely N-dealkylation sites (tertiary alicyclic amines) is 1. The van der Waals surface area contributed by atoms with Gasteiger partial charge in [0.25, 0.3) is 5.91 Å². The highest BCUT2D eigenvalue weighted by Gasteiger charge is 2.29. The van der Waals surface area contributed by atoms with Crippen molar-refractivity contribution in [2.24, 2.45) is 0 Å². The Kier molecular flexibility index (Phi) is 4.37. The first kappa shape index (κ1) is 15.7. The van der Waals surface area contributed by atoms with Crippen LogP contribution in [0.15, 0.2) is 65.5 Å². The molecule has 3 heterocycles. The van der Waals surface area contributed by atoms with Crippen molar-refractivity contribution in [3.63, 3.8) is 0 Å². The topological polar surface area (TPSA) is 51.3 Å². The molecule has 0 spiro atoms. The molecular formula is C20H21N3O2. The molecule has 4 rings (SSSR count). The predicted octanol–water partition coefficient (Wildman–Crippen LogP) is 4.22. The number of nitrogens with zero attached hydrogens (tertiary/aromatic N) is 3. The lowest BCUT2D eigenvalue weighted by Crippen LogP contribution is -2.34. The molecule has 0 radical (unpaired) electrons. The number of rotatable bonds is 3. The van der Waals surface area contributed by atoms with Crippen LogP contribution < -0.4 is 0 Å². The summed E-state index contributed by atoms with van der Waals surface area (Å²) in [7, 11) is 0. The maximum atomic E-state index is 13.2. The predicted molar refractivity (Wildman–Crippen MR) is 94.5 cm³/mol. The van der Waals surface area contributed by atoms with Crippen molar-refractivity contribution in [3.8, 4) is 5.69 Å². The first-order valence-corrected chi connectivity index (χ1v) is 8.77. The minimum atomic E-state index is 0.0124. The van der Waals surface area contributed by atoms with Gasteiger partial charge in [0.05, 0.1) is 18.0 Å². The SMILES string of the molecule is O=C(c1cccc(-n2cccn2)c1)N1CCCCCC1c1ccco1. The molecular weight excluding hydrogens is 314 g/mol. The van der Waals surface area contributed by atoms with Crippen LogP contribution in [0, 0.1) is 0 Å². The number of benzene rings is 1. The van der Waals surface area contributed by atoms with Crippen LogP contribution in [0.3, 0.4) is 0 Å². The van der Waals surface area contributed by atoms with Gasteiger partial charge in [-0.05, 0) is 49.2 Å². The summed E-state index contributed by atoms with van der Waals surface area (Å²) in [5, 5.41) is 4.25. The number of hydrogen-bond acceptors (Lipinski definition) is 3. The minimum absolute atomic E-state index is 0.0124. The van der Waals surface area contributed by atoms with Crippen LogP contribution in [-0.2, 0) is 0 Å². The standard InChI is InChI=1S/C20H21N3O2/c24-20(16-7-4-8-17(15-16)23-13-6-11-21-23)22-12-3-1-2-9-18(22)19-10-5-14-25-19/h4-8,10-11,13-15,18H,1-3,9,12H2. The van der Waals surface area contributed by atoms with E-state index in [0.717, 1.165) is 43.7 Å². The fourth-order valence-electron chi connectivity index (χ4n) is 3.50. The molecule has 0 aliphatic carbocycles. The lowest BCUT2D eigenvalue weighted by molar-refractivity contribution is 0.0658. The van der Waals surface area contributed by atoms with Crippen molar-refractivity contribution in [2.75, 3.05) is 6.54 Å². The first-order chi connectivity index (χ1) is 12.3. The number of amides is 1. The Bertz CT molecular complexity index is 825. The summed E-state index contributed by atoms with van der Waals surface area (Å²) in [5.41, 5.74) is 1.58. The molecule has 0 saturated carbocycles. The zero-order chi connectivity index (χ0) is 17.1. The Morgan fingerprint density at radius 1 is 1.12 bits per heavy atom. The van der Waals surface area contributed by atoms with E-state index in [1.54, 1.807) is 17.1 Å². The van der Waals surface area contributed by atoms with Crippen LogP contribution in [-0.4, -0.2) is 27.1 Å². The van der Waals surface area contributed by atoms with Crippen LogP contribution >= 0.6 is 0 Å². The fraction of sp³-hybridized carbons (Fsp3) is 0.300. The summed E-state index contributed by atoms with van der Waals surface area (Å²) in [6.45, 7) is 0.760. The maximum Gasteiger partial charge on any atom is 0.254 e. The van der Waals surface area contributed by atoms with Crippen LogP contribution in [0.5, 0.6) is 0 Å². The summed E-state index contributed by atoms with van der Waals surface area (Å²) in [5.74, 6) is 0.927. The van der Waals surface area contributed by atoms with E-state index in [4.69, 9.17) is 4.42 Å². The van der Waals surface area contributed by atoms with Gasteiger partial charge in [-0.1, -0.05) is 18.9 Å². The van der Waals surface area contributed by atoms with Gasteiger partial charge in [-0.2, -0.15) is 5.10 Å². The van der Waals surface area contributed by atoms with Crippen molar-refractivity contribution in [2.45, 2.75) is 31.7 Å². The summed E-state index contributed by atoms with van der Waals surface area (Å²) in [4.78, 5) is 15.2. The molecule has 1 unspecified atom stereocenters. The molecule has 5 nitrogen and oxygen atoms in total. The molecule has 1 saturated heterocycles. The number of carbonyl (C=O) groups is 1. The van der Waals surface area contributed by atoms with Gasteiger partial charge < -0.3 is 9.32 Å². The molecule has 2 aromatic heterocycles. The minimum Gasteiger partial charge on any atom is -0.467 e. The van der Waals surface area contributed by atoms with E-state index in [0.29, 0.717) is 5.56 Å². The summed E-state index contributed by atoms with van der Waals surface area (Å²) in [6, 6.07) is 13.4. The second-order valence-corrected chi connectivity index (χ2v) is 6.38. The van der Waals surface area contributed by atoms with Gasteiger partial charge >= 0.3 is 0 Å². The average Bonchev–Trinajstić information content (AvgIpc) is 3.32. The molecule has 1 aliphatic heterocycles. The van der Waals surface area contributed by atoms with Gasteiger partial charge in [0.15, 0.2) is 0 Å². The molecule has 0 N–H and O–H groups in total. The fourth-order valence-corrected chi connectivity index (χ4v) is 3.50. The Hall–Kier alpha value is -2.82. The van der Waals surface area contributed by atoms with Crippen LogP contribution in [0.4, 0.5) is 0 Å². The molecule has 5 heteroatoms. The molecule has 1 aromatic carbocycles. The van der Waals surface area contributed by atoms with E-state index >= 15 is 0 Å². The molecule has 1 amide bonds. The van der Waals surface area contributed by atoms with E-state index in [-0.39, 0.29) is 11.9 Å². The number of hydrogen-bond donors (Lipinski definition) is 0. The highest BCUT2D eigenvalue weighted by Crippen LogP contribution is 2.31. The van der Waals surface area contributed by atoms with Gasteiger partial charge in [-0.15, -0.1) is 0 Å². The zero-order valence-corrected chi connectivity index (χ0v) is 14.0. The van der Waals surface area contributed by atoms with Crippen molar-refractivity contribution in [1.29, 1.82) is 0 Å². The third-order valence-electron chi connectivity index (χ3n) is 4.75. The van der Waals surface area contributed by atoms with Crippen molar-refractivity contribution in [1.82, 2.24) is 14.7 Å². The number of furan rings is 1. The van der Waals surface area contributed by atoms with Gasteiger partial charge in [-0.3, -0.25) is 4.79 Å². The van der Waals surface area contributed by atoms with E-state index in [2.05, 4.69) is 5.10 Å². The second kappa shape index (κ2) is 6.97. The lowest BCUT2D eigenvalue weighted by atomic mass is 10.1. The van der Waals surface area contributed by atoms with Crippen molar-refractivity contribution < 1.29 is 9.21 Å². The summed E-state index contributed by atoms with van der Waals surface area (Å²) >= 11 is 0. The van der Waals surface area contributed by atoms with Crippen molar-refractivity contribution >= 4 is 5.91 Å². The van der Waals surface area contributed by atoms with Gasteiger partial charge in [-0.25, -0.2) is 4.68 Å². The molecule has 128 valence electrons. The van der Waals surface area contributed by atoms with Crippen LogP contribution in [0.2, 0.25) is 0 Å². The second-order valence-electron chi connectivity index (χ2n) is 6.38. The average molecular weight is 335 g/mol. The van der Waals surface area contributed by atoms with Gasteiger partial charge in [0, 0.05) is 24.5 Å². The van der Waals surface area contributed by atoms with Crippen LogP contribution in [0.1, 0.15) is 47.8 Å². The molecule has 1 atom stereocenters. The molecule has 25 heavy (non-hydrogen) atoms. The monoisotopic (exact) mass is 335 g/mol. The molecule has 0 bridgehead atoms. The molecule has 1 aliphatic rings. The summed E-state index contributed by atoms with van der Waals surface area (Å²) in [6.07, 6.45) is 9.52. The van der Waals surface area contributed by atoms with Gasteiger partial charge in [0.2, 0.25) is 0 Å². The highest BCUT2D eigenvalue weighted by atomic mass is 16.3. The molecule has 3 aromatic rings. The Morgan fingerprint density at radius 2 is 2.08 bits per heavy atom. The van der Waals surface area contributed by atoms with E-state index < -0.39 is 0 Å². The first-order valence-electron chi connectivity index (χ1n) is 8.77. The summed E-state index contributed by atoms with van der Waals surface area (Å²) < 4.78 is 7.39. The smallest absolute Gasteiger partial charge is 0.254 e. The highest BCUT2D eigenvalue weighted by molar-refractivity contribution is 5.95. The Morgan fingerprint density at radius 3 is 2.88 bits per heavy atom. The lowest BCUT2D eigenvalue weighted by Gasteiger charge is -2.29. The largest absolute Gasteiger partial charge is 0.467 e. The third kappa shape index (κ3) is 3.22. The quantitative estimate of drug-likeness (QED) is 0.720. The number of aromatic nitrogens is 2. The van der Waals surface area contributed by atoms with E-state index in [9.17, 15) is 4.79 Å². The Balaban J connectivity index is 1.65. The van der Waals surface area contributed by atoms with E-state index in [1.165, 1.54) is 0 Å². The molecule has 1 fully saturated rings. The zero-order valence-electron chi connectivity index (χ0n) is 14.0. The van der Waals surface area contributed by atoms with Gasteiger partial charge in [0.1, 0.15) is 5.76 Å². The maximum absolute atomic E-state index is 13.2.